The topological polar surface area (TPSA) is 85.1 Å². The number of phenolic OH excluding ortho intramolecular Hbond substituents is 1. The van der Waals surface area contributed by atoms with E-state index in [4.69, 9.17) is 9.47 Å². The van der Waals surface area contributed by atoms with Gasteiger partial charge in [-0.25, -0.2) is 0 Å². The number of para-hydroxylation sites is 1. The molecule has 2 aromatic rings. The molecule has 1 N–H and O–H groups in total. The number of phenols is 1. The monoisotopic (exact) mass is 344 g/mol. The maximum Gasteiger partial charge on any atom is 0.352 e. The first-order valence-electron chi connectivity index (χ1n) is 8.10. The van der Waals surface area contributed by atoms with Gasteiger partial charge in [-0.15, -0.1) is 0 Å². The van der Waals surface area contributed by atoms with Gasteiger partial charge in [-0.3, -0.25) is 15.0 Å². The van der Waals surface area contributed by atoms with Gasteiger partial charge in [-0.05, 0) is 23.3 Å². The van der Waals surface area contributed by atoms with E-state index in [0.29, 0.717) is 0 Å². The van der Waals surface area contributed by atoms with Gasteiger partial charge < -0.3 is 14.6 Å². The third-order valence-electron chi connectivity index (χ3n) is 4.09. The van der Waals surface area contributed by atoms with Crippen LogP contribution in [0.25, 0.3) is 0 Å². The maximum absolute atomic E-state index is 11.0. The summed E-state index contributed by atoms with van der Waals surface area (Å²) in [6.45, 7) is 4.49. The summed E-state index contributed by atoms with van der Waals surface area (Å²) in [7, 11) is 0. The number of aromatic hydroxyl groups is 1. The summed E-state index contributed by atoms with van der Waals surface area (Å²) in [4.78, 5) is 12.7. The SMILES string of the molecule is O=[N+]([O-])c1c(O)cccc1OCc1ccc(CN2CCOCC2)cc1. The molecule has 1 heterocycles. The van der Waals surface area contributed by atoms with Gasteiger partial charge in [0.1, 0.15) is 6.61 Å². The Balaban J connectivity index is 1.60. The van der Waals surface area contributed by atoms with Crippen molar-refractivity contribution in [1.82, 2.24) is 4.90 Å². The molecule has 3 rings (SSSR count). The average Bonchev–Trinajstić information content (AvgIpc) is 2.62. The highest BCUT2D eigenvalue weighted by atomic mass is 16.6. The molecule has 0 bridgehead atoms. The summed E-state index contributed by atoms with van der Waals surface area (Å²) >= 11 is 0. The molecule has 1 fully saturated rings. The fraction of sp³-hybridized carbons (Fsp3) is 0.333. The predicted molar refractivity (Wildman–Crippen MR) is 91.6 cm³/mol. The van der Waals surface area contributed by atoms with Crippen molar-refractivity contribution in [3.63, 3.8) is 0 Å². The van der Waals surface area contributed by atoms with E-state index in [0.717, 1.165) is 38.4 Å². The predicted octanol–water partition coefficient (Wildman–Crippen LogP) is 2.71. The minimum absolute atomic E-state index is 0.0578. The number of hydrogen-bond donors (Lipinski definition) is 1. The van der Waals surface area contributed by atoms with Gasteiger partial charge in [-0.1, -0.05) is 30.3 Å². The zero-order chi connectivity index (χ0) is 17.6. The first-order valence-corrected chi connectivity index (χ1v) is 8.10. The second-order valence-electron chi connectivity index (χ2n) is 5.87. The Bertz CT molecular complexity index is 727. The molecule has 2 aromatic carbocycles. The number of ether oxygens (including phenoxy) is 2. The van der Waals surface area contributed by atoms with E-state index >= 15 is 0 Å². The van der Waals surface area contributed by atoms with E-state index < -0.39 is 16.4 Å². The lowest BCUT2D eigenvalue weighted by molar-refractivity contribution is -0.386. The van der Waals surface area contributed by atoms with Crippen molar-refractivity contribution in [3.8, 4) is 11.5 Å². The van der Waals surface area contributed by atoms with Crippen LogP contribution < -0.4 is 4.74 Å². The Labute approximate surface area is 145 Å². The molecule has 1 saturated heterocycles. The van der Waals surface area contributed by atoms with Crippen LogP contribution in [0.3, 0.4) is 0 Å². The average molecular weight is 344 g/mol. The molecule has 0 radical (unpaired) electrons. The quantitative estimate of drug-likeness (QED) is 0.641. The highest BCUT2D eigenvalue weighted by Gasteiger charge is 2.20. The number of nitrogens with zero attached hydrogens (tertiary/aromatic N) is 2. The minimum atomic E-state index is -0.643. The van der Waals surface area contributed by atoms with Gasteiger partial charge in [0.05, 0.1) is 18.1 Å². The number of benzene rings is 2. The molecule has 0 aliphatic carbocycles. The van der Waals surface area contributed by atoms with Gasteiger partial charge in [0, 0.05) is 19.6 Å². The molecular weight excluding hydrogens is 324 g/mol. The number of nitro benzene ring substituents is 1. The molecule has 25 heavy (non-hydrogen) atoms. The fourth-order valence-corrected chi connectivity index (χ4v) is 2.73. The van der Waals surface area contributed by atoms with Crippen molar-refractivity contribution in [3.05, 3.63) is 63.7 Å². The Kier molecular flexibility index (Phi) is 5.47. The van der Waals surface area contributed by atoms with Crippen molar-refractivity contribution < 1.29 is 19.5 Å². The van der Waals surface area contributed by atoms with Crippen molar-refractivity contribution in [2.45, 2.75) is 13.2 Å². The van der Waals surface area contributed by atoms with Crippen LogP contribution in [0, 0.1) is 10.1 Å². The van der Waals surface area contributed by atoms with Crippen molar-refractivity contribution in [1.29, 1.82) is 0 Å². The second-order valence-corrected chi connectivity index (χ2v) is 5.87. The molecule has 0 atom stereocenters. The molecule has 0 amide bonds. The lowest BCUT2D eigenvalue weighted by Gasteiger charge is -2.26. The van der Waals surface area contributed by atoms with E-state index in [1.807, 2.05) is 24.3 Å². The first kappa shape index (κ1) is 17.2. The van der Waals surface area contributed by atoms with Crippen molar-refractivity contribution >= 4 is 5.69 Å². The number of hydrogen-bond acceptors (Lipinski definition) is 6. The number of rotatable bonds is 6. The first-order chi connectivity index (χ1) is 12.1. The van der Waals surface area contributed by atoms with E-state index in [-0.39, 0.29) is 12.4 Å². The van der Waals surface area contributed by atoms with Crippen molar-refractivity contribution in [2.24, 2.45) is 0 Å². The Hall–Kier alpha value is -2.64. The molecule has 132 valence electrons. The molecule has 1 aliphatic heterocycles. The van der Waals surface area contributed by atoms with Crippen LogP contribution >= 0.6 is 0 Å². The highest BCUT2D eigenvalue weighted by molar-refractivity contribution is 5.56. The Morgan fingerprint density at radius 2 is 1.80 bits per heavy atom. The third-order valence-corrected chi connectivity index (χ3v) is 4.09. The van der Waals surface area contributed by atoms with E-state index in [9.17, 15) is 15.2 Å². The lowest BCUT2D eigenvalue weighted by atomic mass is 10.1. The zero-order valence-electron chi connectivity index (χ0n) is 13.8. The smallest absolute Gasteiger partial charge is 0.352 e. The van der Waals surface area contributed by atoms with Crippen LogP contribution in [-0.2, 0) is 17.9 Å². The Morgan fingerprint density at radius 1 is 1.12 bits per heavy atom. The standard InChI is InChI=1S/C18H20N2O5/c21-16-2-1-3-17(18(16)20(22)23)25-13-15-6-4-14(5-7-15)12-19-8-10-24-11-9-19/h1-7,21H,8-13H2. The van der Waals surface area contributed by atoms with Crippen LogP contribution in [0.1, 0.15) is 11.1 Å². The summed E-state index contributed by atoms with van der Waals surface area (Å²) in [5.74, 6) is -0.342. The fourth-order valence-electron chi connectivity index (χ4n) is 2.73. The molecule has 0 spiro atoms. The Morgan fingerprint density at radius 3 is 2.48 bits per heavy atom. The largest absolute Gasteiger partial charge is 0.502 e. The second kappa shape index (κ2) is 7.96. The van der Waals surface area contributed by atoms with Gasteiger partial charge in [-0.2, -0.15) is 0 Å². The highest BCUT2D eigenvalue weighted by Crippen LogP contribution is 2.35. The molecule has 7 nitrogen and oxygen atoms in total. The summed E-state index contributed by atoms with van der Waals surface area (Å²) in [6, 6.07) is 12.2. The van der Waals surface area contributed by atoms with Gasteiger partial charge in [0.25, 0.3) is 0 Å². The molecule has 0 unspecified atom stereocenters. The van der Waals surface area contributed by atoms with Gasteiger partial charge in [0.15, 0.2) is 5.75 Å². The van der Waals surface area contributed by atoms with E-state index in [1.54, 1.807) is 0 Å². The molecule has 7 heteroatoms. The van der Waals surface area contributed by atoms with E-state index in [1.165, 1.54) is 23.8 Å². The van der Waals surface area contributed by atoms with Crippen molar-refractivity contribution in [2.75, 3.05) is 26.3 Å². The van der Waals surface area contributed by atoms with Crippen LogP contribution in [-0.4, -0.2) is 41.2 Å². The molecule has 0 aromatic heterocycles. The molecule has 1 aliphatic rings. The normalized spacial score (nSPS) is 15.0. The third kappa shape index (κ3) is 4.46. The number of nitro groups is 1. The van der Waals surface area contributed by atoms with Crippen LogP contribution in [0.5, 0.6) is 11.5 Å². The molecular formula is C18H20N2O5. The molecule has 0 saturated carbocycles. The minimum Gasteiger partial charge on any atom is -0.502 e. The lowest BCUT2D eigenvalue weighted by Crippen LogP contribution is -2.35. The zero-order valence-corrected chi connectivity index (χ0v) is 13.8. The summed E-state index contributed by atoms with van der Waals surface area (Å²) in [6.07, 6.45) is 0. The van der Waals surface area contributed by atoms with Crippen LogP contribution in [0.4, 0.5) is 5.69 Å². The summed E-state index contributed by atoms with van der Waals surface area (Å²) < 4.78 is 10.9. The van der Waals surface area contributed by atoms with E-state index in [2.05, 4.69) is 4.90 Å². The van der Waals surface area contributed by atoms with Gasteiger partial charge >= 0.3 is 5.69 Å². The van der Waals surface area contributed by atoms with Gasteiger partial charge in [0.2, 0.25) is 5.75 Å². The van der Waals surface area contributed by atoms with Crippen LogP contribution in [0.2, 0.25) is 0 Å². The summed E-state index contributed by atoms with van der Waals surface area (Å²) in [5.41, 5.74) is 1.70. The van der Waals surface area contributed by atoms with Crippen LogP contribution in [0.15, 0.2) is 42.5 Å². The summed E-state index contributed by atoms with van der Waals surface area (Å²) in [5, 5.41) is 20.7. The maximum atomic E-state index is 11.0. The number of morpholine rings is 1.